The molecule has 1 N–H and O–H groups in total. The minimum atomic E-state index is -0.462. The summed E-state index contributed by atoms with van der Waals surface area (Å²) in [6, 6.07) is 3.09. The molecule has 0 bridgehead atoms. The molecule has 2 unspecified atom stereocenters. The van der Waals surface area contributed by atoms with Crippen molar-refractivity contribution in [1.82, 2.24) is 5.32 Å². The Labute approximate surface area is 120 Å². The summed E-state index contributed by atoms with van der Waals surface area (Å²) in [6.07, 6.45) is 4.37. The first-order chi connectivity index (χ1) is 9.52. The van der Waals surface area contributed by atoms with E-state index in [2.05, 4.69) is 12.2 Å². The lowest BCUT2D eigenvalue weighted by Gasteiger charge is -2.36. The van der Waals surface area contributed by atoms with Gasteiger partial charge in [-0.25, -0.2) is 8.78 Å². The summed E-state index contributed by atoms with van der Waals surface area (Å²) in [5, 5.41) is 2.91. The van der Waals surface area contributed by atoms with Crippen molar-refractivity contribution in [3.05, 3.63) is 29.3 Å². The predicted molar refractivity (Wildman–Crippen MR) is 78.9 cm³/mol. The van der Waals surface area contributed by atoms with Crippen LogP contribution in [0.3, 0.4) is 0 Å². The van der Waals surface area contributed by atoms with E-state index in [4.69, 9.17) is 0 Å². The van der Waals surface area contributed by atoms with Crippen molar-refractivity contribution in [2.45, 2.75) is 45.2 Å². The molecule has 4 heteroatoms. The summed E-state index contributed by atoms with van der Waals surface area (Å²) < 4.78 is 28.5. The second-order valence-electron chi connectivity index (χ2n) is 5.97. The first-order valence-electron chi connectivity index (χ1n) is 7.38. The van der Waals surface area contributed by atoms with E-state index < -0.39 is 11.6 Å². The van der Waals surface area contributed by atoms with E-state index in [1.807, 2.05) is 7.05 Å². The molecule has 1 aliphatic rings. The van der Waals surface area contributed by atoms with E-state index in [9.17, 15) is 8.78 Å². The molecule has 1 aromatic carbocycles. The van der Waals surface area contributed by atoms with Crippen LogP contribution in [-0.4, -0.2) is 20.1 Å². The Hall–Kier alpha value is -1.16. The van der Waals surface area contributed by atoms with Gasteiger partial charge in [0, 0.05) is 19.6 Å². The highest BCUT2D eigenvalue weighted by Crippen LogP contribution is 2.32. The normalized spacial score (nSPS) is 22.9. The summed E-state index contributed by atoms with van der Waals surface area (Å²) in [5.74, 6) is -0.294. The van der Waals surface area contributed by atoms with Crippen LogP contribution in [0.15, 0.2) is 12.1 Å². The largest absolute Gasteiger partial charge is 0.367 e. The fourth-order valence-electron chi connectivity index (χ4n) is 3.20. The number of nitrogens with one attached hydrogen (secondary N) is 1. The van der Waals surface area contributed by atoms with E-state index in [0.29, 0.717) is 18.0 Å². The van der Waals surface area contributed by atoms with Crippen LogP contribution in [0.4, 0.5) is 14.5 Å². The Morgan fingerprint density at radius 3 is 2.45 bits per heavy atom. The summed E-state index contributed by atoms with van der Waals surface area (Å²) in [5.41, 5.74) is 0.751. The fourth-order valence-corrected chi connectivity index (χ4v) is 3.20. The molecule has 0 aliphatic heterocycles. The van der Waals surface area contributed by atoms with Crippen molar-refractivity contribution < 1.29 is 8.78 Å². The SMILES string of the molecule is CNCc1cc(F)c(N(C)C2CCCC(C)C2)c(F)c1. The number of halogens is 2. The Morgan fingerprint density at radius 2 is 1.90 bits per heavy atom. The lowest BCUT2D eigenvalue weighted by molar-refractivity contribution is 0.333. The number of rotatable bonds is 4. The molecule has 0 amide bonds. The third-order valence-electron chi connectivity index (χ3n) is 4.27. The van der Waals surface area contributed by atoms with Crippen molar-refractivity contribution in [3.63, 3.8) is 0 Å². The molecule has 1 aliphatic carbocycles. The maximum absolute atomic E-state index is 14.2. The highest BCUT2D eigenvalue weighted by Gasteiger charge is 2.26. The van der Waals surface area contributed by atoms with Gasteiger partial charge in [-0.2, -0.15) is 0 Å². The monoisotopic (exact) mass is 282 g/mol. The summed E-state index contributed by atoms with van der Waals surface area (Å²) in [6.45, 7) is 2.68. The molecule has 0 heterocycles. The zero-order valence-electron chi connectivity index (χ0n) is 12.5. The third-order valence-corrected chi connectivity index (χ3v) is 4.27. The highest BCUT2D eigenvalue weighted by molar-refractivity contribution is 5.51. The summed E-state index contributed by atoms with van der Waals surface area (Å²) >= 11 is 0. The quantitative estimate of drug-likeness (QED) is 0.906. The maximum atomic E-state index is 14.2. The van der Waals surface area contributed by atoms with Crippen molar-refractivity contribution >= 4 is 5.69 Å². The average molecular weight is 282 g/mol. The van der Waals surface area contributed by atoms with Gasteiger partial charge in [0.05, 0.1) is 0 Å². The number of benzene rings is 1. The Kier molecular flexibility index (Phi) is 4.97. The molecule has 2 nitrogen and oxygen atoms in total. The lowest BCUT2D eigenvalue weighted by Crippen LogP contribution is -2.36. The first-order valence-corrected chi connectivity index (χ1v) is 7.38. The van der Waals surface area contributed by atoms with Crippen molar-refractivity contribution in [1.29, 1.82) is 0 Å². The van der Waals surface area contributed by atoms with Crippen molar-refractivity contribution in [2.24, 2.45) is 5.92 Å². The van der Waals surface area contributed by atoms with Crippen LogP contribution in [0.1, 0.15) is 38.2 Å². The molecule has 0 aromatic heterocycles. The number of nitrogens with zero attached hydrogens (tertiary/aromatic N) is 1. The van der Waals surface area contributed by atoms with Crippen LogP contribution < -0.4 is 10.2 Å². The van der Waals surface area contributed by atoms with Gasteiger partial charge in [-0.05, 0) is 43.5 Å². The Balaban J connectivity index is 2.22. The molecular weight excluding hydrogens is 258 g/mol. The zero-order chi connectivity index (χ0) is 14.7. The van der Waals surface area contributed by atoms with Crippen LogP contribution in [-0.2, 0) is 6.54 Å². The standard InChI is InChI=1S/C16H24F2N2/c1-11-5-4-6-13(7-11)20(3)16-14(17)8-12(10-19-2)9-15(16)18/h8-9,11,13,19H,4-7,10H2,1-3H3. The van der Waals surface area contributed by atoms with Gasteiger partial charge in [0.2, 0.25) is 0 Å². The predicted octanol–water partition coefficient (Wildman–Crippen LogP) is 3.70. The molecule has 2 rings (SSSR count). The lowest BCUT2D eigenvalue weighted by atomic mass is 9.86. The van der Waals surface area contributed by atoms with Crippen molar-refractivity contribution in [3.8, 4) is 0 Å². The summed E-state index contributed by atoms with van der Waals surface area (Å²) in [4.78, 5) is 1.80. The van der Waals surface area contributed by atoms with Crippen LogP contribution in [0.2, 0.25) is 0 Å². The van der Waals surface area contributed by atoms with E-state index in [-0.39, 0.29) is 11.7 Å². The van der Waals surface area contributed by atoms with Gasteiger partial charge in [-0.1, -0.05) is 19.8 Å². The number of anilines is 1. The maximum Gasteiger partial charge on any atom is 0.149 e. The second kappa shape index (κ2) is 6.53. The van der Waals surface area contributed by atoms with Crippen LogP contribution in [0.5, 0.6) is 0 Å². The van der Waals surface area contributed by atoms with E-state index in [1.165, 1.54) is 18.6 Å². The summed E-state index contributed by atoms with van der Waals surface area (Å²) in [7, 11) is 3.57. The molecule has 112 valence electrons. The van der Waals surface area contributed by atoms with Gasteiger partial charge in [-0.15, -0.1) is 0 Å². The molecule has 0 saturated heterocycles. The second-order valence-corrected chi connectivity index (χ2v) is 5.97. The smallest absolute Gasteiger partial charge is 0.149 e. The topological polar surface area (TPSA) is 15.3 Å². The molecule has 0 spiro atoms. The van der Waals surface area contributed by atoms with Crippen LogP contribution >= 0.6 is 0 Å². The molecule has 1 aromatic rings. The Morgan fingerprint density at radius 1 is 1.25 bits per heavy atom. The Bertz CT molecular complexity index is 439. The number of hydrogen-bond donors (Lipinski definition) is 1. The molecule has 0 radical (unpaired) electrons. The van der Waals surface area contributed by atoms with Crippen LogP contribution in [0.25, 0.3) is 0 Å². The molecule has 1 saturated carbocycles. The molecule has 1 fully saturated rings. The third kappa shape index (κ3) is 3.29. The number of hydrogen-bond acceptors (Lipinski definition) is 2. The van der Waals surface area contributed by atoms with Crippen LogP contribution in [0, 0.1) is 17.6 Å². The zero-order valence-corrected chi connectivity index (χ0v) is 12.5. The van der Waals surface area contributed by atoms with E-state index >= 15 is 0 Å². The van der Waals surface area contributed by atoms with Gasteiger partial charge in [-0.3, -0.25) is 0 Å². The van der Waals surface area contributed by atoms with Gasteiger partial charge in [0.25, 0.3) is 0 Å². The molecule has 20 heavy (non-hydrogen) atoms. The molecular formula is C16H24F2N2. The minimum absolute atomic E-state index is 0.115. The van der Waals surface area contributed by atoms with Crippen molar-refractivity contribution in [2.75, 3.05) is 19.0 Å². The van der Waals surface area contributed by atoms with E-state index in [1.54, 1.807) is 11.9 Å². The van der Waals surface area contributed by atoms with Gasteiger partial charge < -0.3 is 10.2 Å². The van der Waals surface area contributed by atoms with E-state index in [0.717, 1.165) is 19.3 Å². The first kappa shape index (κ1) is 15.2. The average Bonchev–Trinajstić information content (AvgIpc) is 2.38. The highest BCUT2D eigenvalue weighted by atomic mass is 19.1. The minimum Gasteiger partial charge on any atom is -0.367 e. The van der Waals surface area contributed by atoms with Gasteiger partial charge >= 0.3 is 0 Å². The van der Waals surface area contributed by atoms with Gasteiger partial charge in [0.1, 0.15) is 17.3 Å². The fraction of sp³-hybridized carbons (Fsp3) is 0.625. The molecule has 2 atom stereocenters. The van der Waals surface area contributed by atoms with Gasteiger partial charge in [0.15, 0.2) is 0 Å².